The molecule has 19 nitrogen and oxygen atoms in total. The monoisotopic (exact) mass is 824 g/mol. The maximum absolute atomic E-state index is 13.2. The molecule has 3 atom stereocenters. The number of nitrogens with one attached hydrogen (secondary N) is 4. The third-order valence-electron chi connectivity index (χ3n) is 10.9. The maximum Gasteiger partial charge on any atom is 0.391 e. The number of carboxylic acids is 1. The summed E-state index contributed by atoms with van der Waals surface area (Å²) in [4.78, 5) is 88.6. The van der Waals surface area contributed by atoms with Gasteiger partial charge >= 0.3 is 24.2 Å². The lowest BCUT2D eigenvalue weighted by molar-refractivity contribution is -0.168. The zero-order valence-electron chi connectivity index (χ0n) is 31.6. The van der Waals surface area contributed by atoms with Crippen LogP contribution in [0, 0.1) is 5.92 Å². The van der Waals surface area contributed by atoms with Crippen LogP contribution in [-0.4, -0.2) is 113 Å². The normalized spacial score (nSPS) is 18.1. The molecule has 2 fully saturated rings. The number of halogens is 3. The lowest BCUT2D eigenvalue weighted by Gasteiger charge is -2.35. The Hall–Kier alpha value is -7.39. The SMILES string of the molecule is C[C@@H](CC(=O)c1ccc2c(n1)N(C(=O)Nc1ncc3[nH]ccc3n1)[C@H]1CCN2C1)C(F)(F)F.O=C(O)c1ccc2c(n1)N(C(=O)Nc1ncc3[nH]ccc3n1)[C@H]1CCN2C1. The Bertz CT molecular complexity index is 2690. The lowest BCUT2D eigenvalue weighted by Crippen LogP contribution is -2.48. The van der Waals surface area contributed by atoms with Crippen molar-refractivity contribution in [1.29, 1.82) is 0 Å². The number of fused-ring (bicyclic) bond motifs is 10. The first-order valence-corrected chi connectivity index (χ1v) is 19.0. The van der Waals surface area contributed by atoms with Gasteiger partial charge < -0.3 is 24.9 Å². The average molecular weight is 825 g/mol. The summed E-state index contributed by atoms with van der Waals surface area (Å²) in [6.07, 6.45) is 2.90. The first-order valence-electron chi connectivity index (χ1n) is 19.0. The molecule has 60 heavy (non-hydrogen) atoms. The van der Waals surface area contributed by atoms with E-state index in [2.05, 4.69) is 55.4 Å². The number of amides is 4. The number of pyridine rings is 2. The number of anilines is 6. The lowest BCUT2D eigenvalue weighted by atomic mass is 10.0. The minimum atomic E-state index is -4.47. The van der Waals surface area contributed by atoms with Crippen LogP contribution in [0.3, 0.4) is 0 Å². The Kier molecular flexibility index (Phi) is 9.39. The Labute approximate surface area is 337 Å². The second-order valence-corrected chi connectivity index (χ2v) is 14.8. The van der Waals surface area contributed by atoms with Gasteiger partial charge in [0.05, 0.1) is 63.8 Å². The second-order valence-electron chi connectivity index (χ2n) is 14.8. The summed E-state index contributed by atoms with van der Waals surface area (Å²) in [5, 5.41) is 14.6. The van der Waals surface area contributed by atoms with E-state index in [1.807, 2.05) is 4.90 Å². The molecule has 4 amide bonds. The van der Waals surface area contributed by atoms with Crippen LogP contribution in [0.15, 0.2) is 61.2 Å². The van der Waals surface area contributed by atoms with Crippen LogP contribution in [0.1, 0.15) is 47.2 Å². The van der Waals surface area contributed by atoms with Crippen LogP contribution >= 0.6 is 0 Å². The van der Waals surface area contributed by atoms with Crippen molar-refractivity contribution < 1.29 is 37.5 Å². The Morgan fingerprint density at radius 1 is 0.750 bits per heavy atom. The summed E-state index contributed by atoms with van der Waals surface area (Å²) in [5.41, 5.74) is 4.03. The first kappa shape index (κ1) is 38.1. The van der Waals surface area contributed by atoms with Crippen molar-refractivity contribution in [3.63, 3.8) is 0 Å². The number of ketones is 1. The largest absolute Gasteiger partial charge is 0.477 e. The summed E-state index contributed by atoms with van der Waals surface area (Å²) >= 11 is 0. The number of hydrogen-bond donors (Lipinski definition) is 5. The molecule has 10 rings (SSSR count). The van der Waals surface area contributed by atoms with Gasteiger partial charge in [0.1, 0.15) is 5.69 Å². The molecule has 4 aliphatic heterocycles. The van der Waals surface area contributed by atoms with E-state index in [0.29, 0.717) is 48.6 Å². The van der Waals surface area contributed by atoms with Gasteiger partial charge in [-0.1, -0.05) is 6.92 Å². The zero-order valence-corrected chi connectivity index (χ0v) is 31.6. The van der Waals surface area contributed by atoms with E-state index in [1.54, 1.807) is 49.1 Å². The van der Waals surface area contributed by atoms with Crippen molar-refractivity contribution >= 4 is 80.8 Å². The summed E-state index contributed by atoms with van der Waals surface area (Å²) in [6.45, 7) is 3.74. The van der Waals surface area contributed by atoms with Gasteiger partial charge in [0, 0.05) is 45.0 Å². The van der Waals surface area contributed by atoms with Gasteiger partial charge in [-0.25, -0.2) is 44.3 Å². The average Bonchev–Trinajstić information content (AvgIpc) is 4.05. The number of H-pyrrole nitrogens is 2. The van der Waals surface area contributed by atoms with Gasteiger partial charge in [0.15, 0.2) is 23.1 Å². The Morgan fingerprint density at radius 2 is 1.23 bits per heavy atom. The molecule has 2 saturated heterocycles. The predicted octanol–water partition coefficient (Wildman–Crippen LogP) is 5.44. The number of carboxylic acid groups (broad SMARTS) is 1. The number of alkyl halides is 3. The van der Waals surface area contributed by atoms with Crippen LogP contribution in [0.4, 0.5) is 57.7 Å². The number of aromatic nitrogens is 8. The minimum Gasteiger partial charge on any atom is -0.477 e. The number of rotatable bonds is 6. The van der Waals surface area contributed by atoms with Crippen molar-refractivity contribution in [3.05, 3.63) is 72.6 Å². The summed E-state index contributed by atoms with van der Waals surface area (Å²) in [6, 6.07) is 8.54. The number of urea groups is 2. The summed E-state index contributed by atoms with van der Waals surface area (Å²) in [5.74, 6) is -2.76. The molecular formula is C38H35F3N14O5. The number of hydrogen-bond acceptors (Lipinski definition) is 12. The molecule has 0 spiro atoms. The molecule has 0 radical (unpaired) electrons. The molecule has 6 aromatic rings. The number of aromatic amines is 2. The number of Topliss-reactive ketones (excluding diaryl/α,β-unsaturated/α-hetero) is 1. The fourth-order valence-electron chi connectivity index (χ4n) is 7.84. The van der Waals surface area contributed by atoms with Crippen molar-refractivity contribution in [2.75, 3.05) is 56.4 Å². The molecule has 5 N–H and O–H groups in total. The van der Waals surface area contributed by atoms with Crippen LogP contribution in [0.5, 0.6) is 0 Å². The van der Waals surface area contributed by atoms with Gasteiger partial charge in [0.2, 0.25) is 11.9 Å². The van der Waals surface area contributed by atoms with E-state index in [0.717, 1.165) is 36.6 Å². The van der Waals surface area contributed by atoms with Gasteiger partial charge in [0.25, 0.3) is 0 Å². The molecule has 0 unspecified atom stereocenters. The highest BCUT2D eigenvalue weighted by Gasteiger charge is 2.43. The highest BCUT2D eigenvalue weighted by atomic mass is 19.4. The molecule has 22 heteroatoms. The van der Waals surface area contributed by atoms with Crippen molar-refractivity contribution in [1.82, 2.24) is 39.9 Å². The topological polar surface area (TPSA) is 234 Å². The van der Waals surface area contributed by atoms with Crippen LogP contribution < -0.4 is 30.2 Å². The van der Waals surface area contributed by atoms with E-state index in [-0.39, 0.29) is 41.2 Å². The summed E-state index contributed by atoms with van der Waals surface area (Å²) in [7, 11) is 0. The Balaban J connectivity index is 0.000000157. The minimum absolute atomic E-state index is 0.0787. The van der Waals surface area contributed by atoms with Gasteiger partial charge in [-0.2, -0.15) is 13.2 Å². The fraction of sp³-hybridized carbons (Fsp3) is 0.316. The molecule has 4 bridgehead atoms. The number of aromatic carboxylic acids is 1. The van der Waals surface area contributed by atoms with Crippen molar-refractivity contribution in [2.24, 2.45) is 5.92 Å². The third-order valence-corrected chi connectivity index (χ3v) is 10.9. The highest BCUT2D eigenvalue weighted by molar-refractivity contribution is 6.06. The zero-order chi connectivity index (χ0) is 41.9. The third kappa shape index (κ3) is 7.08. The van der Waals surface area contributed by atoms with E-state index < -0.39 is 42.3 Å². The number of carbonyl (C=O) groups excluding carboxylic acids is 3. The number of carbonyl (C=O) groups is 4. The molecule has 308 valence electrons. The van der Waals surface area contributed by atoms with Crippen molar-refractivity contribution in [2.45, 2.75) is 44.4 Å². The molecule has 0 aromatic carbocycles. The van der Waals surface area contributed by atoms with Crippen LogP contribution in [-0.2, 0) is 0 Å². The number of nitrogens with zero attached hydrogens (tertiary/aromatic N) is 10. The standard InChI is InChI=1S/C21H20F3N7O2.C17H15N7O3/c1-11(21(22,23)24)8-17(32)14-2-3-16-18(27-14)31(12-5-7-30(16)10-12)20(33)29-19-26-9-15-13(28-19)4-6-25-15;25-15(26)11-1-2-13-14(20-11)24(9-4-6-23(13)8-9)17(27)22-16-19-7-12-10(21-16)3-5-18-12/h2-4,6,9,11-12,25H,5,7-8,10H2,1H3,(H,26,28,29,33);1-3,5,7,9,18H,4,6,8H2,(H,25,26)(H,19,21,22,27)/t11-,12-;9-/m00/s1. The maximum atomic E-state index is 13.2. The first-order chi connectivity index (χ1) is 28.8. The summed E-state index contributed by atoms with van der Waals surface area (Å²) < 4.78 is 38.7. The fourth-order valence-corrected chi connectivity index (χ4v) is 7.84. The van der Waals surface area contributed by atoms with Gasteiger partial charge in [-0.3, -0.25) is 25.2 Å². The van der Waals surface area contributed by atoms with E-state index in [1.165, 1.54) is 21.9 Å². The van der Waals surface area contributed by atoms with Gasteiger partial charge in [-0.15, -0.1) is 0 Å². The van der Waals surface area contributed by atoms with E-state index >= 15 is 0 Å². The van der Waals surface area contributed by atoms with Crippen molar-refractivity contribution in [3.8, 4) is 0 Å². The molecule has 10 heterocycles. The molecule has 0 aliphatic carbocycles. The molecule has 4 aliphatic rings. The van der Waals surface area contributed by atoms with Gasteiger partial charge in [-0.05, 0) is 49.2 Å². The molecular weight excluding hydrogens is 790 g/mol. The molecule has 0 saturated carbocycles. The molecule has 6 aromatic heterocycles. The predicted molar refractivity (Wildman–Crippen MR) is 212 cm³/mol. The quantitative estimate of drug-likeness (QED) is 0.132. The van der Waals surface area contributed by atoms with E-state index in [4.69, 9.17) is 0 Å². The Morgan fingerprint density at radius 3 is 1.72 bits per heavy atom. The van der Waals surface area contributed by atoms with Crippen LogP contribution in [0.25, 0.3) is 22.1 Å². The second kappa shape index (κ2) is 14.8. The smallest absolute Gasteiger partial charge is 0.391 e. The van der Waals surface area contributed by atoms with E-state index in [9.17, 15) is 37.5 Å². The van der Waals surface area contributed by atoms with Crippen LogP contribution in [0.2, 0.25) is 0 Å². The highest BCUT2D eigenvalue weighted by Crippen LogP contribution is 2.41.